The standard InChI is InChI=1S/C27H32F2O6S.C2H6/c1-23(2)34-21-13-16-17-12-19(28)18-11-15(31)7-8-24(18,3)26(17,29)20(32)14-25(16,4)27(21,35-23)22(33)36-10-6-5-9-30;1-2/h7-8,11,16-17,19-21,30,32H,9-10,12-14H2,1-4H3;1-2H3/t16-,17-,19-,20-,21+,24-,25-,26-,27-;/m0./s1. The number of carbonyl (C=O) groups is 2. The molecular formula is C29H38F2O6S. The molecular weight excluding hydrogens is 514 g/mol. The highest BCUT2D eigenvalue weighted by atomic mass is 32.2. The number of allylic oxidation sites excluding steroid dienone is 4. The summed E-state index contributed by atoms with van der Waals surface area (Å²) in [6.07, 6.45) is 0.0129. The largest absolute Gasteiger partial charge is 0.390 e. The van der Waals surface area contributed by atoms with Crippen molar-refractivity contribution in [3.8, 4) is 11.8 Å². The molecule has 6 nitrogen and oxygen atoms in total. The summed E-state index contributed by atoms with van der Waals surface area (Å²) < 4.78 is 45.6. The van der Waals surface area contributed by atoms with Crippen molar-refractivity contribution in [2.75, 3.05) is 12.4 Å². The molecule has 5 aliphatic rings. The van der Waals surface area contributed by atoms with Crippen LogP contribution in [0.2, 0.25) is 0 Å². The van der Waals surface area contributed by atoms with Crippen LogP contribution in [0.3, 0.4) is 0 Å². The lowest BCUT2D eigenvalue weighted by molar-refractivity contribution is -0.246. The van der Waals surface area contributed by atoms with Crippen LogP contribution in [0, 0.1) is 34.5 Å². The SMILES string of the molecule is CC.CC1(C)O[C@@H]2C[C@H]3[C@@H]4C[C@H](F)C5=CC(=O)C=C[C@]5(C)[C@@]4(F)[C@@H](O)C[C@]3(C)[C@]2(C(=O)SCC#CCO)O1. The van der Waals surface area contributed by atoms with Gasteiger partial charge in [0, 0.05) is 16.7 Å². The Kier molecular flexibility index (Phi) is 7.59. The molecule has 0 aromatic rings. The van der Waals surface area contributed by atoms with Crippen molar-refractivity contribution in [2.45, 2.75) is 96.2 Å². The number of carbonyl (C=O) groups excluding carboxylic acids is 2. The lowest BCUT2D eigenvalue weighted by atomic mass is 9.44. The van der Waals surface area contributed by atoms with E-state index >= 15 is 8.78 Å². The molecule has 0 amide bonds. The Morgan fingerprint density at radius 3 is 2.53 bits per heavy atom. The molecule has 5 rings (SSSR count). The lowest BCUT2D eigenvalue weighted by Gasteiger charge is -2.63. The summed E-state index contributed by atoms with van der Waals surface area (Å²) >= 11 is 0.948. The van der Waals surface area contributed by atoms with Gasteiger partial charge >= 0.3 is 0 Å². The topological polar surface area (TPSA) is 93.1 Å². The lowest BCUT2D eigenvalue weighted by Crippen LogP contribution is -2.70. The summed E-state index contributed by atoms with van der Waals surface area (Å²) in [5, 5.41) is 20.1. The molecule has 1 heterocycles. The van der Waals surface area contributed by atoms with Crippen molar-refractivity contribution in [3.05, 3.63) is 23.8 Å². The molecule has 0 unspecified atom stereocenters. The Morgan fingerprint density at radius 2 is 1.87 bits per heavy atom. The Morgan fingerprint density at radius 1 is 1.18 bits per heavy atom. The smallest absolute Gasteiger partial charge is 0.225 e. The maximum absolute atomic E-state index is 17.3. The number of hydrogen-bond donors (Lipinski definition) is 2. The molecule has 0 aromatic heterocycles. The number of halogens is 2. The molecule has 1 saturated heterocycles. The molecule has 210 valence electrons. The molecule has 4 fully saturated rings. The van der Waals surface area contributed by atoms with E-state index < -0.39 is 63.9 Å². The number of ketones is 1. The van der Waals surface area contributed by atoms with Gasteiger partial charge in [-0.2, -0.15) is 0 Å². The van der Waals surface area contributed by atoms with Gasteiger partial charge in [-0.3, -0.25) is 9.59 Å². The molecule has 9 heteroatoms. The third-order valence-electron chi connectivity index (χ3n) is 9.40. The first-order valence-corrected chi connectivity index (χ1v) is 14.3. The highest BCUT2D eigenvalue weighted by Crippen LogP contribution is 2.72. The van der Waals surface area contributed by atoms with E-state index in [1.165, 1.54) is 12.2 Å². The van der Waals surface area contributed by atoms with Crippen LogP contribution < -0.4 is 0 Å². The van der Waals surface area contributed by atoms with E-state index in [-0.39, 0.29) is 42.3 Å². The Labute approximate surface area is 227 Å². The van der Waals surface area contributed by atoms with E-state index in [1.807, 2.05) is 20.8 Å². The Bertz CT molecular complexity index is 1130. The number of ether oxygens (including phenoxy) is 2. The summed E-state index contributed by atoms with van der Waals surface area (Å²) in [5.74, 6) is 2.46. The fraction of sp³-hybridized carbons (Fsp3) is 0.724. The number of aliphatic hydroxyl groups excluding tert-OH is 2. The number of aliphatic hydroxyl groups is 2. The zero-order chi connectivity index (χ0) is 28.3. The zero-order valence-electron chi connectivity index (χ0n) is 22.8. The summed E-state index contributed by atoms with van der Waals surface area (Å²) in [7, 11) is 0. The van der Waals surface area contributed by atoms with Crippen LogP contribution in [-0.2, 0) is 19.1 Å². The second-order valence-electron chi connectivity index (χ2n) is 11.5. The van der Waals surface area contributed by atoms with Gasteiger partial charge in [0.25, 0.3) is 0 Å². The van der Waals surface area contributed by atoms with Crippen LogP contribution >= 0.6 is 11.8 Å². The molecule has 1 aliphatic heterocycles. The number of thioether (sulfide) groups is 1. The van der Waals surface area contributed by atoms with E-state index in [9.17, 15) is 14.7 Å². The average molecular weight is 553 g/mol. The van der Waals surface area contributed by atoms with E-state index in [0.29, 0.717) is 0 Å². The van der Waals surface area contributed by atoms with Gasteiger partial charge in [-0.1, -0.05) is 50.4 Å². The monoisotopic (exact) mass is 552 g/mol. The summed E-state index contributed by atoms with van der Waals surface area (Å²) in [5.41, 5.74) is -6.18. The van der Waals surface area contributed by atoms with Gasteiger partial charge in [-0.05, 0) is 63.7 Å². The first-order chi connectivity index (χ1) is 17.8. The molecule has 3 saturated carbocycles. The predicted molar refractivity (Wildman–Crippen MR) is 140 cm³/mol. The normalized spacial score (nSPS) is 45.8. The summed E-state index contributed by atoms with van der Waals surface area (Å²) in [6, 6.07) is 0. The molecule has 9 atom stereocenters. The van der Waals surface area contributed by atoms with Gasteiger partial charge < -0.3 is 19.7 Å². The van der Waals surface area contributed by atoms with Crippen molar-refractivity contribution in [1.29, 1.82) is 0 Å². The second-order valence-corrected chi connectivity index (χ2v) is 12.5. The van der Waals surface area contributed by atoms with Crippen molar-refractivity contribution in [3.63, 3.8) is 0 Å². The summed E-state index contributed by atoms with van der Waals surface area (Å²) in [4.78, 5) is 25.8. The maximum Gasteiger partial charge on any atom is 0.225 e. The van der Waals surface area contributed by atoms with Crippen molar-refractivity contribution in [2.24, 2.45) is 22.7 Å². The van der Waals surface area contributed by atoms with E-state index in [4.69, 9.17) is 14.6 Å². The first-order valence-electron chi connectivity index (χ1n) is 13.3. The minimum absolute atomic E-state index is 0.0621. The van der Waals surface area contributed by atoms with Crippen molar-refractivity contribution >= 4 is 22.7 Å². The van der Waals surface area contributed by atoms with Crippen LogP contribution in [0.4, 0.5) is 8.78 Å². The molecule has 2 N–H and O–H groups in total. The fourth-order valence-corrected chi connectivity index (χ4v) is 8.90. The number of fused-ring (bicyclic) bond motifs is 7. The maximum atomic E-state index is 17.3. The zero-order valence-corrected chi connectivity index (χ0v) is 23.7. The molecule has 0 radical (unpaired) electrons. The van der Waals surface area contributed by atoms with Crippen LogP contribution in [-0.4, -0.2) is 68.9 Å². The third-order valence-corrected chi connectivity index (χ3v) is 10.3. The van der Waals surface area contributed by atoms with Gasteiger partial charge in [0.2, 0.25) is 5.12 Å². The first kappa shape index (κ1) is 29.4. The molecule has 0 bridgehead atoms. The quantitative estimate of drug-likeness (QED) is 0.499. The fourth-order valence-electron chi connectivity index (χ4n) is 7.97. The van der Waals surface area contributed by atoms with Gasteiger partial charge in [0.05, 0.1) is 18.0 Å². The second kappa shape index (κ2) is 9.81. The van der Waals surface area contributed by atoms with E-state index in [2.05, 4.69) is 11.8 Å². The number of rotatable bonds is 2. The van der Waals surface area contributed by atoms with Crippen LogP contribution in [0.15, 0.2) is 23.8 Å². The van der Waals surface area contributed by atoms with Gasteiger partial charge in [0.15, 0.2) is 22.8 Å². The molecule has 0 spiro atoms. The number of alkyl halides is 2. The van der Waals surface area contributed by atoms with E-state index in [1.54, 1.807) is 20.8 Å². The molecule has 38 heavy (non-hydrogen) atoms. The van der Waals surface area contributed by atoms with Crippen LogP contribution in [0.5, 0.6) is 0 Å². The molecule has 0 aromatic carbocycles. The van der Waals surface area contributed by atoms with E-state index in [0.717, 1.165) is 17.8 Å². The minimum atomic E-state index is -2.24. The Balaban J connectivity index is 0.00000164. The van der Waals surface area contributed by atoms with Gasteiger partial charge in [-0.15, -0.1) is 0 Å². The number of hydrogen-bond acceptors (Lipinski definition) is 7. The Hall–Kier alpha value is -1.57. The summed E-state index contributed by atoms with van der Waals surface area (Å²) in [6.45, 7) is 10.5. The minimum Gasteiger partial charge on any atom is -0.390 e. The predicted octanol–water partition coefficient (Wildman–Crippen LogP) is 4.09. The van der Waals surface area contributed by atoms with Gasteiger partial charge in [0.1, 0.15) is 12.8 Å². The third kappa shape index (κ3) is 3.81. The highest BCUT2D eigenvalue weighted by molar-refractivity contribution is 8.14. The molecule has 4 aliphatic carbocycles. The highest BCUT2D eigenvalue weighted by Gasteiger charge is 2.80. The van der Waals surface area contributed by atoms with Crippen molar-refractivity contribution < 1.29 is 38.1 Å². The van der Waals surface area contributed by atoms with Gasteiger partial charge in [-0.25, -0.2) is 8.78 Å². The van der Waals surface area contributed by atoms with Crippen molar-refractivity contribution in [1.82, 2.24) is 0 Å². The van der Waals surface area contributed by atoms with Crippen LogP contribution in [0.1, 0.15) is 60.8 Å². The average Bonchev–Trinajstić information content (AvgIpc) is 3.27. The van der Waals surface area contributed by atoms with Crippen LogP contribution in [0.25, 0.3) is 0 Å².